The van der Waals surface area contributed by atoms with E-state index in [0.717, 1.165) is 39.2 Å². The lowest BCUT2D eigenvalue weighted by Gasteiger charge is -2.19. The number of anilines is 1. The van der Waals surface area contributed by atoms with E-state index in [1.807, 2.05) is 24.3 Å². The highest BCUT2D eigenvalue weighted by atomic mass is 14.9. The predicted octanol–water partition coefficient (Wildman–Crippen LogP) is 5.17. The third-order valence-electron chi connectivity index (χ3n) is 4.63. The molecule has 0 atom stereocenters. The number of benzene rings is 2. The Kier molecular flexibility index (Phi) is 3.76. The molecule has 4 rings (SSSR count). The summed E-state index contributed by atoms with van der Waals surface area (Å²) in [6.45, 7) is 6.65. The lowest BCUT2D eigenvalue weighted by atomic mass is 9.86. The Labute approximate surface area is 153 Å². The van der Waals surface area contributed by atoms with Gasteiger partial charge < -0.3 is 10.7 Å². The zero-order chi connectivity index (χ0) is 18.3. The first-order chi connectivity index (χ1) is 12.4. The molecule has 130 valence electrons. The number of fused-ring (bicyclic) bond motifs is 1. The van der Waals surface area contributed by atoms with Crippen LogP contribution in [-0.4, -0.2) is 15.0 Å². The summed E-state index contributed by atoms with van der Waals surface area (Å²) in [6, 6.07) is 18.5. The number of nitrogens with two attached hydrogens (primary N) is 1. The van der Waals surface area contributed by atoms with Gasteiger partial charge in [0.2, 0.25) is 0 Å². The van der Waals surface area contributed by atoms with Crippen LogP contribution in [0.1, 0.15) is 26.3 Å². The normalized spacial score (nSPS) is 11.8. The van der Waals surface area contributed by atoms with Gasteiger partial charge >= 0.3 is 0 Å². The summed E-state index contributed by atoms with van der Waals surface area (Å²) in [7, 11) is 0. The molecule has 0 aliphatic rings. The second kappa shape index (κ2) is 5.99. The number of nitrogens with one attached hydrogen (secondary N) is 1. The average Bonchev–Trinajstić information content (AvgIpc) is 3.04. The fraction of sp³-hybridized carbons (Fsp3) is 0.182. The maximum absolute atomic E-state index is 5.88. The van der Waals surface area contributed by atoms with E-state index in [0.29, 0.717) is 0 Å². The Morgan fingerprint density at radius 3 is 2.31 bits per heavy atom. The van der Waals surface area contributed by atoms with Gasteiger partial charge in [0, 0.05) is 22.2 Å². The van der Waals surface area contributed by atoms with Crippen molar-refractivity contribution < 1.29 is 0 Å². The number of hydrogen-bond donors (Lipinski definition) is 2. The molecule has 0 saturated carbocycles. The maximum Gasteiger partial charge on any atom is 0.116 e. The van der Waals surface area contributed by atoms with E-state index in [9.17, 15) is 0 Å². The number of rotatable bonds is 2. The summed E-state index contributed by atoms with van der Waals surface area (Å²) in [5, 5.41) is 1.08. The first kappa shape index (κ1) is 16.3. The molecule has 4 heteroatoms. The zero-order valence-corrected chi connectivity index (χ0v) is 15.2. The third kappa shape index (κ3) is 3.06. The molecule has 3 N–H and O–H groups in total. The molecule has 0 bridgehead atoms. The highest BCUT2D eigenvalue weighted by Crippen LogP contribution is 2.28. The summed E-state index contributed by atoms with van der Waals surface area (Å²) in [5.74, 6) is 0. The molecule has 2 aromatic heterocycles. The average molecular weight is 342 g/mol. The molecule has 0 aliphatic heterocycles. The Morgan fingerprint density at radius 2 is 1.58 bits per heavy atom. The van der Waals surface area contributed by atoms with Crippen molar-refractivity contribution in [3.63, 3.8) is 0 Å². The first-order valence-electron chi connectivity index (χ1n) is 8.72. The van der Waals surface area contributed by atoms with E-state index in [1.165, 1.54) is 5.56 Å². The smallest absolute Gasteiger partial charge is 0.116 e. The molecule has 2 aromatic carbocycles. The molecule has 26 heavy (non-hydrogen) atoms. The molecule has 0 spiro atoms. The van der Waals surface area contributed by atoms with Crippen molar-refractivity contribution >= 4 is 16.6 Å². The molecular formula is C22H22N4. The highest BCUT2D eigenvalue weighted by molar-refractivity contribution is 5.87. The fourth-order valence-electron chi connectivity index (χ4n) is 3.09. The van der Waals surface area contributed by atoms with Crippen molar-refractivity contribution in [1.29, 1.82) is 0 Å². The molecule has 0 radical (unpaired) electrons. The van der Waals surface area contributed by atoms with Crippen molar-refractivity contribution in [2.24, 2.45) is 0 Å². The van der Waals surface area contributed by atoms with Crippen LogP contribution in [0.2, 0.25) is 0 Å². The maximum atomic E-state index is 5.88. The molecular weight excluding hydrogens is 320 g/mol. The Hall–Kier alpha value is -3.14. The van der Waals surface area contributed by atoms with Crippen molar-refractivity contribution in [2.75, 3.05) is 5.73 Å². The van der Waals surface area contributed by atoms with Crippen molar-refractivity contribution in [2.45, 2.75) is 26.2 Å². The number of aromatic nitrogens is 3. The van der Waals surface area contributed by atoms with E-state index < -0.39 is 0 Å². The Morgan fingerprint density at radius 1 is 0.846 bits per heavy atom. The van der Waals surface area contributed by atoms with Crippen LogP contribution in [0.4, 0.5) is 5.69 Å². The number of hydrogen-bond acceptors (Lipinski definition) is 3. The van der Waals surface area contributed by atoms with Crippen LogP contribution in [0.15, 0.2) is 60.9 Å². The van der Waals surface area contributed by atoms with Gasteiger partial charge in [-0.1, -0.05) is 45.0 Å². The standard InChI is InChI=1S/C22H22N4/c1-22(2,3)16-6-4-14(5-7-16)19-12-20(25-13-24-19)21-11-15-10-17(23)8-9-18(15)26-21/h4-13,26H,23H2,1-3H3. The molecule has 0 amide bonds. The van der Waals surface area contributed by atoms with Gasteiger partial charge in [-0.05, 0) is 41.3 Å². The molecule has 0 saturated heterocycles. The van der Waals surface area contributed by atoms with E-state index in [1.54, 1.807) is 6.33 Å². The lowest BCUT2D eigenvalue weighted by Crippen LogP contribution is -2.10. The quantitative estimate of drug-likeness (QED) is 0.494. The minimum Gasteiger partial charge on any atom is -0.399 e. The minimum atomic E-state index is 0.140. The van der Waals surface area contributed by atoms with Crippen LogP contribution in [0.3, 0.4) is 0 Å². The Balaban J connectivity index is 1.72. The van der Waals surface area contributed by atoms with Gasteiger partial charge in [-0.2, -0.15) is 0 Å². The fourth-order valence-corrected chi connectivity index (χ4v) is 3.09. The summed E-state index contributed by atoms with van der Waals surface area (Å²) in [4.78, 5) is 12.3. The molecule has 0 fully saturated rings. The van der Waals surface area contributed by atoms with Gasteiger partial charge in [0.15, 0.2) is 0 Å². The third-order valence-corrected chi connectivity index (χ3v) is 4.63. The summed E-state index contributed by atoms with van der Waals surface area (Å²) in [5.41, 5.74) is 12.9. The van der Waals surface area contributed by atoms with Crippen molar-refractivity contribution in [3.05, 3.63) is 66.5 Å². The van der Waals surface area contributed by atoms with E-state index in [-0.39, 0.29) is 5.41 Å². The second-order valence-electron chi connectivity index (χ2n) is 7.65. The summed E-state index contributed by atoms with van der Waals surface area (Å²) >= 11 is 0. The topological polar surface area (TPSA) is 67.6 Å². The van der Waals surface area contributed by atoms with Crippen molar-refractivity contribution in [1.82, 2.24) is 15.0 Å². The van der Waals surface area contributed by atoms with Gasteiger partial charge in [0.25, 0.3) is 0 Å². The summed E-state index contributed by atoms with van der Waals surface area (Å²) in [6.07, 6.45) is 1.61. The van der Waals surface area contributed by atoms with Crippen LogP contribution in [0, 0.1) is 0 Å². The van der Waals surface area contributed by atoms with Crippen LogP contribution >= 0.6 is 0 Å². The summed E-state index contributed by atoms with van der Waals surface area (Å²) < 4.78 is 0. The Bertz CT molecular complexity index is 1070. The second-order valence-corrected chi connectivity index (χ2v) is 7.65. The molecule has 4 nitrogen and oxygen atoms in total. The minimum absolute atomic E-state index is 0.140. The van der Waals surface area contributed by atoms with Crippen LogP contribution < -0.4 is 5.73 Å². The van der Waals surface area contributed by atoms with Gasteiger partial charge in [-0.15, -0.1) is 0 Å². The van der Waals surface area contributed by atoms with Crippen LogP contribution in [-0.2, 0) is 5.41 Å². The largest absolute Gasteiger partial charge is 0.399 e. The van der Waals surface area contributed by atoms with Gasteiger partial charge in [0.05, 0.1) is 17.1 Å². The number of H-pyrrole nitrogens is 1. The highest BCUT2D eigenvalue weighted by Gasteiger charge is 2.14. The monoisotopic (exact) mass is 342 g/mol. The molecule has 0 aliphatic carbocycles. The zero-order valence-electron chi connectivity index (χ0n) is 15.2. The first-order valence-corrected chi connectivity index (χ1v) is 8.72. The van der Waals surface area contributed by atoms with E-state index in [2.05, 4.69) is 66.1 Å². The number of aromatic amines is 1. The van der Waals surface area contributed by atoms with Crippen LogP contribution in [0.25, 0.3) is 33.5 Å². The predicted molar refractivity (Wildman–Crippen MR) is 108 cm³/mol. The van der Waals surface area contributed by atoms with Crippen molar-refractivity contribution in [3.8, 4) is 22.6 Å². The van der Waals surface area contributed by atoms with Crippen LogP contribution in [0.5, 0.6) is 0 Å². The van der Waals surface area contributed by atoms with Gasteiger partial charge in [-0.3, -0.25) is 0 Å². The SMILES string of the molecule is CC(C)(C)c1ccc(-c2cc(-c3cc4cc(N)ccc4[nH]3)ncn2)cc1. The van der Waals surface area contributed by atoms with Gasteiger partial charge in [0.1, 0.15) is 6.33 Å². The molecule has 0 unspecified atom stereocenters. The molecule has 4 aromatic rings. The van der Waals surface area contributed by atoms with E-state index >= 15 is 0 Å². The number of nitrogens with zero attached hydrogens (tertiary/aromatic N) is 2. The van der Waals surface area contributed by atoms with E-state index in [4.69, 9.17) is 5.73 Å². The number of nitrogen functional groups attached to an aromatic ring is 1. The lowest BCUT2D eigenvalue weighted by molar-refractivity contribution is 0.590. The molecule has 2 heterocycles. The van der Waals surface area contributed by atoms with Gasteiger partial charge in [-0.25, -0.2) is 9.97 Å².